The van der Waals surface area contributed by atoms with Gasteiger partial charge in [-0.15, -0.1) is 0 Å². The van der Waals surface area contributed by atoms with E-state index < -0.39 is 0 Å². The van der Waals surface area contributed by atoms with E-state index in [0.717, 1.165) is 0 Å². The predicted molar refractivity (Wildman–Crippen MR) is 245 cm³/mol. The Hall–Kier alpha value is -2.44. The summed E-state index contributed by atoms with van der Waals surface area (Å²) in [7, 11) is 0. The van der Waals surface area contributed by atoms with Crippen LogP contribution in [0.3, 0.4) is 0 Å². The van der Waals surface area contributed by atoms with E-state index in [2.05, 4.69) is 226 Å². The Kier molecular flexibility index (Phi) is 11.4. The molecule has 0 bridgehead atoms. The molecule has 9 atom stereocenters. The molecule has 2 aromatic carbocycles. The van der Waals surface area contributed by atoms with Crippen molar-refractivity contribution < 1.29 is 49.5 Å². The zero-order valence-corrected chi connectivity index (χ0v) is 43.4. The van der Waals surface area contributed by atoms with Gasteiger partial charge in [0, 0.05) is 0 Å². The number of allylic oxidation sites excluding steroid dienone is 17. The quantitative estimate of drug-likeness (QED) is 0.288. The summed E-state index contributed by atoms with van der Waals surface area (Å²) in [5, 5.41) is 0. The van der Waals surface area contributed by atoms with Gasteiger partial charge >= 0.3 is 370 Å². The number of hydrogen-bond acceptors (Lipinski definition) is 0. The van der Waals surface area contributed by atoms with E-state index in [1.165, 1.54) is 50.1 Å². The molecule has 8 rings (SSSR count). The van der Waals surface area contributed by atoms with E-state index in [4.69, 9.17) is 0 Å². The second-order valence-electron chi connectivity index (χ2n) is 22.5. The number of benzene rings is 2. The third-order valence-corrected chi connectivity index (χ3v) is 20.7. The van der Waals surface area contributed by atoms with Gasteiger partial charge in [0.05, 0.1) is 0 Å². The summed E-state index contributed by atoms with van der Waals surface area (Å²) in [4.78, 5) is 0. The van der Waals surface area contributed by atoms with Gasteiger partial charge < -0.3 is 24.8 Å². The first kappa shape index (κ1) is 47.1. The Bertz CT molecular complexity index is 2340. The Morgan fingerprint density at radius 3 is 1.42 bits per heavy atom. The molecule has 0 amide bonds. The van der Waals surface area contributed by atoms with Crippen LogP contribution in [0.1, 0.15) is 133 Å². The van der Waals surface area contributed by atoms with Crippen molar-refractivity contribution in [1.82, 2.24) is 0 Å². The fourth-order valence-electron chi connectivity index (χ4n) is 14.1. The topological polar surface area (TPSA) is 0 Å². The fourth-order valence-corrected chi connectivity index (χ4v) is 16.5. The minimum atomic E-state index is -0.214. The van der Waals surface area contributed by atoms with Crippen molar-refractivity contribution in [3.63, 3.8) is 0 Å². The summed E-state index contributed by atoms with van der Waals surface area (Å²) in [6.45, 7) is 39.9. The normalized spacial score (nSPS) is 37.6. The molecule has 0 nitrogen and oxygen atoms in total. The number of fused-ring (bicyclic) bond motifs is 8. The Balaban J connectivity index is 0.00000302. The van der Waals surface area contributed by atoms with Crippen molar-refractivity contribution in [3.05, 3.63) is 171 Å². The Morgan fingerprint density at radius 2 is 1.00 bits per heavy atom. The van der Waals surface area contributed by atoms with Crippen molar-refractivity contribution in [3.8, 4) is 0 Å². The molecule has 3 heteroatoms. The minimum Gasteiger partial charge on any atom is -1.00 e. The smallest absolute Gasteiger partial charge is 1.00 e. The molecule has 0 saturated heterocycles. The first-order valence-electron chi connectivity index (χ1n) is 22.1. The summed E-state index contributed by atoms with van der Waals surface area (Å²) < 4.78 is 0.394. The van der Waals surface area contributed by atoms with Crippen LogP contribution in [0.2, 0.25) is 3.63 Å². The molecule has 60 heavy (non-hydrogen) atoms. The van der Waals surface area contributed by atoms with E-state index in [-0.39, 0.29) is 73.5 Å². The first-order chi connectivity index (χ1) is 26.8. The minimum absolute atomic E-state index is 0. The second-order valence-corrected chi connectivity index (χ2v) is 23.9. The van der Waals surface area contributed by atoms with Crippen LogP contribution in [-0.4, -0.2) is 0 Å². The summed E-state index contributed by atoms with van der Waals surface area (Å²) in [5.74, 6) is 0.326. The van der Waals surface area contributed by atoms with Gasteiger partial charge in [0.2, 0.25) is 0 Å². The summed E-state index contributed by atoms with van der Waals surface area (Å²) in [6.07, 6.45) is 27.7. The Labute approximate surface area is 392 Å². The molecule has 9 unspecified atom stereocenters. The van der Waals surface area contributed by atoms with Crippen LogP contribution in [0, 0.1) is 43.8 Å². The van der Waals surface area contributed by atoms with Gasteiger partial charge in [-0.2, -0.15) is 0 Å². The van der Waals surface area contributed by atoms with Crippen molar-refractivity contribution in [2.24, 2.45) is 43.8 Å². The van der Waals surface area contributed by atoms with Crippen molar-refractivity contribution in [2.45, 2.75) is 125 Å². The SMILES string of the molecule is CC1=CC(C)C(C2=C(C)C3(C)C(=CC2=C(c2ccc(C(C)(C)C)cc2)c2ccc(C(C)(C)C)cc2)[CH]([Zr+2])C2(C)C4(C)C=CC=CC4(C)C4(C)C=CC=CC4(C)C32C)=C1.[Cl-].[Cl-]. The van der Waals surface area contributed by atoms with E-state index in [9.17, 15) is 0 Å². The van der Waals surface area contributed by atoms with Crippen molar-refractivity contribution >= 4 is 5.57 Å². The molecule has 2 fully saturated rings. The zero-order chi connectivity index (χ0) is 42.4. The molecule has 2 saturated carbocycles. The van der Waals surface area contributed by atoms with Gasteiger partial charge in [0.25, 0.3) is 0 Å². The third kappa shape index (κ3) is 5.56. The predicted octanol–water partition coefficient (Wildman–Crippen LogP) is 9.53. The maximum Gasteiger partial charge on any atom is -1.00 e. The summed E-state index contributed by atoms with van der Waals surface area (Å²) >= 11 is 1.61. The molecule has 0 N–H and O–H groups in total. The van der Waals surface area contributed by atoms with Crippen LogP contribution in [0.5, 0.6) is 0 Å². The number of hydrogen-bond donors (Lipinski definition) is 0. The van der Waals surface area contributed by atoms with E-state index in [1.807, 2.05) is 0 Å². The van der Waals surface area contributed by atoms with Gasteiger partial charge in [-0.25, -0.2) is 0 Å². The average Bonchev–Trinajstić information content (AvgIpc) is 3.56. The van der Waals surface area contributed by atoms with Gasteiger partial charge in [-0.3, -0.25) is 0 Å². The zero-order valence-electron chi connectivity index (χ0n) is 39.4. The largest absolute Gasteiger partial charge is 1.00 e. The molecular formula is C57H69Cl2Zr. The van der Waals surface area contributed by atoms with Gasteiger partial charge in [0.1, 0.15) is 0 Å². The maximum atomic E-state index is 2.77. The van der Waals surface area contributed by atoms with Crippen LogP contribution < -0.4 is 24.8 Å². The average molecular weight is 916 g/mol. The molecule has 315 valence electrons. The molecule has 0 spiro atoms. The van der Waals surface area contributed by atoms with Crippen LogP contribution >= 0.6 is 0 Å². The Morgan fingerprint density at radius 1 is 0.583 bits per heavy atom. The maximum absolute atomic E-state index is 2.77. The molecule has 0 aliphatic heterocycles. The molecule has 0 radical (unpaired) electrons. The third-order valence-electron chi connectivity index (χ3n) is 18.5. The number of halogens is 2. The molecule has 0 aromatic heterocycles. The van der Waals surface area contributed by atoms with Gasteiger partial charge in [-0.05, 0) is 0 Å². The van der Waals surface area contributed by atoms with Gasteiger partial charge in [-0.1, -0.05) is 0 Å². The molecule has 6 aliphatic rings. The standard InChI is InChI=1S/C57H69.2ClH.Zr/c1-37-33-38(2)45(34-37)47-39(3)56(15)44(36-55(14)53(12)31-18-17-29-51(53,10)52(11)30-19-20-32-54(52,13)57(55,56)16)35-46(47)48(40-21-25-42(26-22-40)49(4,5)6)41-23-27-43(28-24-41)50(7,8)9;;;/h17-36,38H,1-16H3;2*1H;/q;;;+2/p-2. The van der Waals surface area contributed by atoms with Crippen molar-refractivity contribution in [1.29, 1.82) is 0 Å². The second kappa shape index (κ2) is 14.5. The van der Waals surface area contributed by atoms with Gasteiger partial charge in [0.15, 0.2) is 0 Å². The molecule has 2 aromatic rings. The van der Waals surface area contributed by atoms with Crippen LogP contribution in [0.4, 0.5) is 0 Å². The van der Waals surface area contributed by atoms with E-state index in [1.54, 1.807) is 35.9 Å². The van der Waals surface area contributed by atoms with Crippen molar-refractivity contribution in [2.75, 3.05) is 0 Å². The number of rotatable bonds is 3. The summed E-state index contributed by atoms with van der Waals surface area (Å²) in [5.41, 5.74) is 14.8. The monoisotopic (exact) mass is 913 g/mol. The van der Waals surface area contributed by atoms with Crippen LogP contribution in [0.25, 0.3) is 5.57 Å². The van der Waals surface area contributed by atoms with Crippen LogP contribution in [-0.2, 0) is 35.5 Å². The van der Waals surface area contributed by atoms with E-state index >= 15 is 0 Å². The fraction of sp³-hybridized carbons (Fsp3) is 0.474. The molecule has 0 heterocycles. The summed E-state index contributed by atoms with van der Waals surface area (Å²) in [6, 6.07) is 19.2. The molecular weight excluding hydrogens is 847 g/mol. The van der Waals surface area contributed by atoms with E-state index in [0.29, 0.717) is 9.54 Å². The van der Waals surface area contributed by atoms with Crippen LogP contribution in [0.15, 0.2) is 149 Å². The molecule has 6 aliphatic carbocycles. The first-order valence-corrected chi connectivity index (χ1v) is 23.5.